The molecule has 2 heterocycles. The van der Waals surface area contributed by atoms with Gasteiger partial charge in [0.25, 0.3) is 5.91 Å². The summed E-state index contributed by atoms with van der Waals surface area (Å²) in [5.74, 6) is -0.0519. The van der Waals surface area contributed by atoms with Crippen LogP contribution in [0.4, 0.5) is 0 Å². The molecule has 0 spiro atoms. The third-order valence-corrected chi connectivity index (χ3v) is 3.92. The normalized spacial score (nSPS) is 12.1. The van der Waals surface area contributed by atoms with Crippen LogP contribution in [0.5, 0.6) is 0 Å². The largest absolute Gasteiger partial charge is 0.331 e. The van der Waals surface area contributed by atoms with Crippen LogP contribution in [0.25, 0.3) is 11.0 Å². The summed E-state index contributed by atoms with van der Waals surface area (Å²) in [6.45, 7) is 14.5. The summed E-state index contributed by atoms with van der Waals surface area (Å²) in [4.78, 5) is 19.2. The zero-order chi connectivity index (χ0) is 17.0. The molecule has 2 rings (SSSR count). The van der Waals surface area contributed by atoms with Gasteiger partial charge in [-0.25, -0.2) is 9.67 Å². The third-order valence-electron chi connectivity index (χ3n) is 3.92. The van der Waals surface area contributed by atoms with Crippen molar-refractivity contribution in [3.8, 4) is 0 Å². The van der Waals surface area contributed by atoms with Crippen LogP contribution in [0.3, 0.4) is 0 Å². The minimum atomic E-state index is -0.0519. The molecule has 0 saturated heterocycles. The van der Waals surface area contributed by atoms with Crippen molar-refractivity contribution >= 4 is 16.9 Å². The fourth-order valence-electron chi connectivity index (χ4n) is 2.54. The minimum Gasteiger partial charge on any atom is -0.331 e. The van der Waals surface area contributed by atoms with Crippen molar-refractivity contribution in [2.45, 2.75) is 33.2 Å². The van der Waals surface area contributed by atoms with Gasteiger partial charge >= 0.3 is 0 Å². The van der Waals surface area contributed by atoms with Crippen LogP contribution in [0, 0.1) is 6.92 Å². The number of amides is 1. The molecule has 122 valence electrons. The van der Waals surface area contributed by atoms with Crippen LogP contribution in [0.15, 0.2) is 37.6 Å². The van der Waals surface area contributed by atoms with Gasteiger partial charge in [-0.2, -0.15) is 5.10 Å². The highest BCUT2D eigenvalue weighted by atomic mass is 16.2. The molecule has 0 bridgehead atoms. The smallest absolute Gasteiger partial charge is 0.255 e. The van der Waals surface area contributed by atoms with Crippen LogP contribution in [-0.2, 0) is 0 Å². The molecule has 0 aliphatic rings. The van der Waals surface area contributed by atoms with Crippen molar-refractivity contribution in [2.24, 2.45) is 0 Å². The Morgan fingerprint density at radius 3 is 2.61 bits per heavy atom. The number of rotatable bonds is 7. The zero-order valence-electron chi connectivity index (χ0n) is 14.1. The third kappa shape index (κ3) is 3.33. The highest BCUT2D eigenvalue weighted by Gasteiger charge is 2.20. The van der Waals surface area contributed by atoms with E-state index in [2.05, 4.69) is 37.1 Å². The van der Waals surface area contributed by atoms with Gasteiger partial charge in [-0.1, -0.05) is 19.1 Å². The van der Waals surface area contributed by atoms with E-state index in [-0.39, 0.29) is 11.9 Å². The highest BCUT2D eigenvalue weighted by molar-refractivity contribution is 6.05. The standard InChI is InChI=1S/C18H24N4O/c1-6-9-21(10-7-2)18(23)15-11-13(4)20-17-16(15)12-19-22(17)14(5)8-3/h6-7,11-12,14H,1-2,8-10H2,3-5H3/t14-/m1/s1. The maximum Gasteiger partial charge on any atom is 0.255 e. The van der Waals surface area contributed by atoms with Gasteiger partial charge in [0.1, 0.15) is 0 Å². The lowest BCUT2D eigenvalue weighted by Crippen LogP contribution is -2.31. The lowest BCUT2D eigenvalue weighted by molar-refractivity contribution is 0.0792. The molecule has 23 heavy (non-hydrogen) atoms. The summed E-state index contributed by atoms with van der Waals surface area (Å²) in [5, 5.41) is 5.24. The Balaban J connectivity index is 2.56. The number of fused-ring (bicyclic) bond motifs is 1. The molecule has 0 aromatic carbocycles. The Morgan fingerprint density at radius 2 is 2.04 bits per heavy atom. The fourth-order valence-corrected chi connectivity index (χ4v) is 2.54. The minimum absolute atomic E-state index is 0.0519. The summed E-state index contributed by atoms with van der Waals surface area (Å²) in [6, 6.07) is 2.06. The lowest BCUT2D eigenvalue weighted by Gasteiger charge is -2.20. The zero-order valence-corrected chi connectivity index (χ0v) is 14.1. The first kappa shape index (κ1) is 16.9. The van der Waals surface area contributed by atoms with E-state index in [1.165, 1.54) is 0 Å². The fraction of sp³-hybridized carbons (Fsp3) is 0.389. The molecule has 0 unspecified atom stereocenters. The SMILES string of the molecule is C=CCN(CC=C)C(=O)c1cc(C)nc2c1cnn2[C@H](C)CC. The molecule has 5 nitrogen and oxygen atoms in total. The Hall–Kier alpha value is -2.43. The van der Waals surface area contributed by atoms with Crippen LogP contribution in [0.1, 0.15) is 42.4 Å². The molecule has 0 N–H and O–H groups in total. The van der Waals surface area contributed by atoms with Crippen LogP contribution in [0.2, 0.25) is 0 Å². The van der Waals surface area contributed by atoms with Crippen molar-refractivity contribution < 1.29 is 4.79 Å². The molecular weight excluding hydrogens is 288 g/mol. The maximum atomic E-state index is 12.9. The van der Waals surface area contributed by atoms with Gasteiger partial charge in [-0.05, 0) is 26.3 Å². The average molecular weight is 312 g/mol. The van der Waals surface area contributed by atoms with Gasteiger partial charge in [0, 0.05) is 18.8 Å². The van der Waals surface area contributed by atoms with Crippen molar-refractivity contribution in [3.63, 3.8) is 0 Å². The summed E-state index contributed by atoms with van der Waals surface area (Å²) in [5.41, 5.74) is 2.20. The van der Waals surface area contributed by atoms with Gasteiger partial charge < -0.3 is 4.90 Å². The van der Waals surface area contributed by atoms with Gasteiger partial charge in [-0.15, -0.1) is 13.2 Å². The quantitative estimate of drug-likeness (QED) is 0.735. The van der Waals surface area contributed by atoms with E-state index < -0.39 is 0 Å². The number of hydrogen-bond donors (Lipinski definition) is 0. The van der Waals surface area contributed by atoms with Crippen molar-refractivity contribution in [3.05, 3.63) is 48.8 Å². The Labute approximate surface area is 137 Å². The van der Waals surface area contributed by atoms with E-state index in [4.69, 9.17) is 0 Å². The molecule has 2 aromatic heterocycles. The van der Waals surface area contributed by atoms with E-state index >= 15 is 0 Å². The van der Waals surface area contributed by atoms with Crippen LogP contribution in [-0.4, -0.2) is 38.7 Å². The molecule has 5 heteroatoms. The molecule has 2 aromatic rings. The topological polar surface area (TPSA) is 51.0 Å². The second kappa shape index (κ2) is 7.22. The van der Waals surface area contributed by atoms with Crippen LogP contribution < -0.4 is 0 Å². The molecular formula is C18H24N4O. The lowest BCUT2D eigenvalue weighted by atomic mass is 10.1. The number of pyridine rings is 1. The van der Waals surface area contributed by atoms with Gasteiger partial charge in [-0.3, -0.25) is 4.79 Å². The number of hydrogen-bond acceptors (Lipinski definition) is 3. The first-order chi connectivity index (χ1) is 11.0. The number of nitrogens with zero attached hydrogens (tertiary/aromatic N) is 4. The predicted octanol–water partition coefficient (Wildman–Crippen LogP) is 3.52. The summed E-state index contributed by atoms with van der Waals surface area (Å²) in [7, 11) is 0. The van der Waals surface area contributed by atoms with Gasteiger partial charge in [0.2, 0.25) is 0 Å². The predicted molar refractivity (Wildman–Crippen MR) is 93.6 cm³/mol. The van der Waals surface area contributed by atoms with Gasteiger partial charge in [0.15, 0.2) is 5.65 Å². The Bertz CT molecular complexity index is 722. The maximum absolute atomic E-state index is 12.9. The monoisotopic (exact) mass is 312 g/mol. The second-order valence-electron chi connectivity index (χ2n) is 5.68. The van der Waals surface area contributed by atoms with Crippen LogP contribution >= 0.6 is 0 Å². The van der Waals surface area contributed by atoms with Crippen molar-refractivity contribution in [2.75, 3.05) is 13.1 Å². The average Bonchev–Trinajstić information content (AvgIpc) is 2.96. The summed E-state index contributed by atoms with van der Waals surface area (Å²) < 4.78 is 1.89. The molecule has 1 amide bonds. The molecule has 0 saturated carbocycles. The number of aryl methyl sites for hydroxylation is 1. The van der Waals surface area contributed by atoms with E-state index in [1.807, 2.05) is 17.7 Å². The van der Waals surface area contributed by atoms with E-state index in [9.17, 15) is 4.79 Å². The number of aromatic nitrogens is 3. The summed E-state index contributed by atoms with van der Waals surface area (Å²) >= 11 is 0. The highest BCUT2D eigenvalue weighted by Crippen LogP contribution is 2.23. The first-order valence-corrected chi connectivity index (χ1v) is 7.89. The Morgan fingerprint density at radius 1 is 1.39 bits per heavy atom. The van der Waals surface area contributed by atoms with E-state index in [0.29, 0.717) is 18.7 Å². The van der Waals surface area contributed by atoms with E-state index in [0.717, 1.165) is 23.1 Å². The molecule has 0 aliphatic heterocycles. The molecule has 0 fully saturated rings. The molecule has 0 radical (unpaired) electrons. The molecule has 1 atom stereocenters. The second-order valence-corrected chi connectivity index (χ2v) is 5.68. The Kier molecular flexibility index (Phi) is 5.32. The van der Waals surface area contributed by atoms with Gasteiger partial charge in [0.05, 0.1) is 23.2 Å². The summed E-state index contributed by atoms with van der Waals surface area (Å²) in [6.07, 6.45) is 6.13. The van der Waals surface area contributed by atoms with Crippen molar-refractivity contribution in [1.29, 1.82) is 0 Å². The first-order valence-electron chi connectivity index (χ1n) is 7.89. The molecule has 0 aliphatic carbocycles. The number of carbonyl (C=O) groups excluding carboxylic acids is 1. The van der Waals surface area contributed by atoms with E-state index in [1.54, 1.807) is 23.2 Å². The van der Waals surface area contributed by atoms with Crippen molar-refractivity contribution in [1.82, 2.24) is 19.7 Å². The number of carbonyl (C=O) groups is 1.